The van der Waals surface area contributed by atoms with Crippen molar-refractivity contribution in [3.8, 4) is 0 Å². The summed E-state index contributed by atoms with van der Waals surface area (Å²) < 4.78 is 5.27. The zero-order valence-corrected chi connectivity index (χ0v) is 15.5. The third kappa shape index (κ3) is 4.83. The summed E-state index contributed by atoms with van der Waals surface area (Å²) in [5.41, 5.74) is 0. The summed E-state index contributed by atoms with van der Waals surface area (Å²) in [7, 11) is 0. The molecule has 2 heterocycles. The Morgan fingerprint density at radius 3 is 2.65 bits per heavy atom. The predicted molar refractivity (Wildman–Crippen MR) is 94.8 cm³/mol. The fourth-order valence-corrected chi connectivity index (χ4v) is 4.15. The van der Waals surface area contributed by atoms with Gasteiger partial charge in [-0.15, -0.1) is 0 Å². The number of carboxylic acid groups (broad SMARTS) is 1. The number of rotatable bonds is 8. The van der Waals surface area contributed by atoms with E-state index in [-0.39, 0.29) is 30.0 Å². The number of likely N-dealkylation sites (tertiary alicyclic amines) is 1. The van der Waals surface area contributed by atoms with Crippen LogP contribution in [0.2, 0.25) is 0 Å². The van der Waals surface area contributed by atoms with Crippen LogP contribution < -0.4 is 0 Å². The lowest BCUT2D eigenvalue weighted by atomic mass is 9.84. The van der Waals surface area contributed by atoms with Gasteiger partial charge in [0.15, 0.2) is 0 Å². The maximum absolute atomic E-state index is 12.3. The minimum Gasteiger partial charge on any atom is -0.481 e. The molecule has 3 rings (SSSR count). The number of amides is 1. The number of nitrogens with zero attached hydrogens (tertiary/aromatic N) is 3. The molecule has 0 aromatic carbocycles. The lowest BCUT2D eigenvalue weighted by Gasteiger charge is -2.36. The van der Waals surface area contributed by atoms with Crippen molar-refractivity contribution in [2.24, 2.45) is 11.8 Å². The van der Waals surface area contributed by atoms with Gasteiger partial charge in [-0.25, -0.2) is 0 Å². The van der Waals surface area contributed by atoms with Crippen molar-refractivity contribution in [2.45, 2.75) is 70.6 Å². The molecule has 1 atom stereocenters. The second-order valence-electron chi connectivity index (χ2n) is 8.00. The molecule has 1 aromatic rings. The molecule has 0 spiro atoms. The van der Waals surface area contributed by atoms with Crippen molar-refractivity contribution in [3.05, 3.63) is 11.7 Å². The molecular formula is C19H29N3O4. The number of aliphatic carboxylic acids is 1. The average Bonchev–Trinajstić information content (AvgIpc) is 3.08. The van der Waals surface area contributed by atoms with E-state index in [4.69, 9.17) is 4.52 Å². The van der Waals surface area contributed by atoms with Crippen LogP contribution in [-0.2, 0) is 4.79 Å². The molecular weight excluding hydrogens is 334 g/mol. The van der Waals surface area contributed by atoms with Crippen LogP contribution in [-0.4, -0.2) is 45.1 Å². The van der Waals surface area contributed by atoms with Crippen molar-refractivity contribution in [2.75, 3.05) is 13.1 Å². The summed E-state index contributed by atoms with van der Waals surface area (Å²) in [6.07, 6.45) is 9.29. The van der Waals surface area contributed by atoms with Crippen molar-refractivity contribution >= 4 is 11.9 Å². The molecule has 144 valence electrons. The largest absolute Gasteiger partial charge is 0.481 e. The minimum absolute atomic E-state index is 0.0404. The van der Waals surface area contributed by atoms with E-state index in [0.29, 0.717) is 25.4 Å². The zero-order chi connectivity index (χ0) is 18.5. The van der Waals surface area contributed by atoms with E-state index in [9.17, 15) is 14.7 Å². The van der Waals surface area contributed by atoms with Crippen LogP contribution in [0.1, 0.15) is 87.1 Å². The fourth-order valence-electron chi connectivity index (χ4n) is 4.15. The summed E-state index contributed by atoms with van der Waals surface area (Å²) in [6.45, 7) is 3.51. The van der Waals surface area contributed by atoms with Crippen LogP contribution in [0.3, 0.4) is 0 Å². The van der Waals surface area contributed by atoms with Gasteiger partial charge in [0.05, 0.1) is 6.42 Å². The van der Waals surface area contributed by atoms with E-state index in [1.54, 1.807) is 4.90 Å². The molecule has 1 aromatic heterocycles. The van der Waals surface area contributed by atoms with Crippen molar-refractivity contribution < 1.29 is 19.2 Å². The Labute approximate surface area is 154 Å². The Morgan fingerprint density at radius 1 is 1.27 bits per heavy atom. The number of carboxylic acids is 1. The first-order valence-corrected chi connectivity index (χ1v) is 9.87. The smallest absolute Gasteiger partial charge is 0.304 e. The molecule has 26 heavy (non-hydrogen) atoms. The molecule has 1 saturated carbocycles. The van der Waals surface area contributed by atoms with Gasteiger partial charge < -0.3 is 14.5 Å². The van der Waals surface area contributed by atoms with Crippen LogP contribution in [0.25, 0.3) is 0 Å². The Hall–Kier alpha value is -1.92. The summed E-state index contributed by atoms with van der Waals surface area (Å²) in [5.74, 6) is 0.181. The van der Waals surface area contributed by atoms with Gasteiger partial charge in [0.1, 0.15) is 0 Å². The Balaban J connectivity index is 1.56. The van der Waals surface area contributed by atoms with Gasteiger partial charge in [0.25, 0.3) is 11.7 Å². The van der Waals surface area contributed by atoms with Crippen LogP contribution in [0.4, 0.5) is 0 Å². The van der Waals surface area contributed by atoms with Crippen LogP contribution in [0.15, 0.2) is 4.52 Å². The molecule has 7 heteroatoms. The van der Waals surface area contributed by atoms with Gasteiger partial charge in [-0.2, -0.15) is 4.98 Å². The summed E-state index contributed by atoms with van der Waals surface area (Å²) >= 11 is 0. The SMILES string of the molecule is CC1CN(C(=O)c2noc([C@H](CCCC3CCCCC3)CC(=O)O)n2)C1. The number of hydrogen-bond acceptors (Lipinski definition) is 5. The highest BCUT2D eigenvalue weighted by Crippen LogP contribution is 2.31. The van der Waals surface area contributed by atoms with Gasteiger partial charge in [0, 0.05) is 19.0 Å². The van der Waals surface area contributed by atoms with E-state index in [1.165, 1.54) is 32.1 Å². The van der Waals surface area contributed by atoms with E-state index < -0.39 is 5.97 Å². The van der Waals surface area contributed by atoms with Crippen LogP contribution in [0.5, 0.6) is 0 Å². The molecule has 2 aliphatic rings. The topological polar surface area (TPSA) is 96.5 Å². The number of carbonyl (C=O) groups is 2. The standard InChI is InChI=1S/C19H29N3O4/c1-13-11-22(12-13)19(25)17-20-18(26-21-17)15(10-16(23)24)9-5-8-14-6-3-2-4-7-14/h13-15H,2-12H2,1H3,(H,23,24)/t15-/m1/s1. The zero-order valence-electron chi connectivity index (χ0n) is 15.5. The van der Waals surface area contributed by atoms with E-state index in [0.717, 1.165) is 18.8 Å². The van der Waals surface area contributed by atoms with Gasteiger partial charge in [0.2, 0.25) is 5.89 Å². The summed E-state index contributed by atoms with van der Waals surface area (Å²) in [6, 6.07) is 0. The summed E-state index contributed by atoms with van der Waals surface area (Å²) in [4.78, 5) is 29.4. The van der Waals surface area contributed by atoms with Gasteiger partial charge in [-0.3, -0.25) is 9.59 Å². The second kappa shape index (κ2) is 8.64. The van der Waals surface area contributed by atoms with E-state index in [2.05, 4.69) is 17.1 Å². The molecule has 0 unspecified atom stereocenters. The van der Waals surface area contributed by atoms with Crippen molar-refractivity contribution in [3.63, 3.8) is 0 Å². The normalized spacial score (nSPS) is 20.0. The molecule has 7 nitrogen and oxygen atoms in total. The van der Waals surface area contributed by atoms with E-state index in [1.807, 2.05) is 0 Å². The second-order valence-corrected chi connectivity index (χ2v) is 8.00. The third-order valence-electron chi connectivity index (χ3n) is 5.64. The third-order valence-corrected chi connectivity index (χ3v) is 5.64. The quantitative estimate of drug-likeness (QED) is 0.759. The van der Waals surface area contributed by atoms with Gasteiger partial charge >= 0.3 is 5.97 Å². The molecule has 2 fully saturated rings. The van der Waals surface area contributed by atoms with Gasteiger partial charge in [-0.1, -0.05) is 57.0 Å². The van der Waals surface area contributed by atoms with Gasteiger partial charge in [-0.05, 0) is 18.3 Å². The molecule has 1 saturated heterocycles. The Kier molecular flexibility index (Phi) is 6.27. The first kappa shape index (κ1) is 18.9. The highest BCUT2D eigenvalue weighted by Gasteiger charge is 2.32. The molecule has 1 aliphatic heterocycles. The Morgan fingerprint density at radius 2 is 2.00 bits per heavy atom. The first-order valence-electron chi connectivity index (χ1n) is 9.87. The van der Waals surface area contributed by atoms with E-state index >= 15 is 0 Å². The monoisotopic (exact) mass is 363 g/mol. The molecule has 1 aliphatic carbocycles. The Bertz CT molecular complexity index is 618. The highest BCUT2D eigenvalue weighted by molar-refractivity contribution is 5.90. The maximum Gasteiger partial charge on any atom is 0.304 e. The predicted octanol–water partition coefficient (Wildman–Crippen LogP) is 3.47. The molecule has 0 bridgehead atoms. The highest BCUT2D eigenvalue weighted by atomic mass is 16.5. The first-order chi connectivity index (χ1) is 12.5. The average molecular weight is 363 g/mol. The van der Waals surface area contributed by atoms with Crippen LogP contribution >= 0.6 is 0 Å². The lowest BCUT2D eigenvalue weighted by Crippen LogP contribution is -2.48. The summed E-state index contributed by atoms with van der Waals surface area (Å²) in [5, 5.41) is 13.0. The van der Waals surface area contributed by atoms with Crippen molar-refractivity contribution in [1.29, 1.82) is 0 Å². The molecule has 0 radical (unpaired) electrons. The maximum atomic E-state index is 12.3. The number of hydrogen-bond donors (Lipinski definition) is 1. The molecule has 1 amide bonds. The van der Waals surface area contributed by atoms with Crippen molar-refractivity contribution in [1.82, 2.24) is 15.0 Å². The van der Waals surface area contributed by atoms with Crippen LogP contribution in [0, 0.1) is 11.8 Å². The fraction of sp³-hybridized carbons (Fsp3) is 0.789. The number of aromatic nitrogens is 2. The lowest BCUT2D eigenvalue weighted by molar-refractivity contribution is -0.137. The molecule has 1 N–H and O–H groups in total. The minimum atomic E-state index is -0.879. The number of carbonyl (C=O) groups excluding carboxylic acids is 1.